The van der Waals surface area contributed by atoms with Gasteiger partial charge in [-0.25, -0.2) is 0 Å². The van der Waals surface area contributed by atoms with Gasteiger partial charge in [-0.3, -0.25) is 4.79 Å². The van der Waals surface area contributed by atoms with E-state index >= 15 is 0 Å². The highest BCUT2D eigenvalue weighted by Crippen LogP contribution is 2.40. The van der Waals surface area contributed by atoms with Crippen LogP contribution < -0.4 is 5.32 Å². The van der Waals surface area contributed by atoms with Crippen LogP contribution in [-0.2, 0) is 4.79 Å². The minimum Gasteiger partial charge on any atom is -0.353 e. The largest absolute Gasteiger partial charge is 0.353 e. The lowest BCUT2D eigenvalue weighted by Gasteiger charge is -2.09. The van der Waals surface area contributed by atoms with Gasteiger partial charge in [-0.15, -0.1) is 4.91 Å². The normalized spacial score (nSPS) is 10.6. The summed E-state index contributed by atoms with van der Waals surface area (Å²) in [6.07, 6.45) is 0. The van der Waals surface area contributed by atoms with Crippen molar-refractivity contribution in [3.8, 4) is 11.3 Å². The summed E-state index contributed by atoms with van der Waals surface area (Å²) >= 11 is 6.06. The fourth-order valence-corrected chi connectivity index (χ4v) is 2.61. The van der Waals surface area contributed by atoms with E-state index in [1.807, 2.05) is 24.3 Å². The van der Waals surface area contributed by atoms with Crippen molar-refractivity contribution in [3.05, 3.63) is 52.4 Å². The molecule has 0 radical (unpaired) electrons. The molecule has 0 saturated carbocycles. The van der Waals surface area contributed by atoms with E-state index in [1.165, 1.54) is 6.92 Å². The van der Waals surface area contributed by atoms with Gasteiger partial charge < -0.3 is 10.3 Å². The van der Waals surface area contributed by atoms with Gasteiger partial charge in [-0.2, -0.15) is 0 Å². The van der Waals surface area contributed by atoms with Crippen molar-refractivity contribution >= 4 is 39.8 Å². The molecule has 0 spiro atoms. The van der Waals surface area contributed by atoms with E-state index in [0.29, 0.717) is 27.7 Å². The van der Waals surface area contributed by atoms with E-state index in [1.54, 1.807) is 18.2 Å². The second-order valence-electron chi connectivity index (χ2n) is 4.86. The Kier molecular flexibility index (Phi) is 3.65. The van der Waals surface area contributed by atoms with Crippen LogP contribution in [0.1, 0.15) is 6.92 Å². The number of anilines is 1. The molecule has 1 aromatic heterocycles. The molecule has 1 amide bonds. The molecule has 110 valence electrons. The lowest BCUT2D eigenvalue weighted by atomic mass is 10.1. The van der Waals surface area contributed by atoms with Crippen LogP contribution in [0.15, 0.2) is 47.6 Å². The zero-order chi connectivity index (χ0) is 15.7. The van der Waals surface area contributed by atoms with Gasteiger partial charge in [0.1, 0.15) is 5.69 Å². The first-order valence-electron chi connectivity index (χ1n) is 6.61. The predicted molar refractivity (Wildman–Crippen MR) is 88.5 cm³/mol. The number of rotatable bonds is 3. The monoisotopic (exact) mass is 313 g/mol. The Morgan fingerprint density at radius 2 is 2.00 bits per heavy atom. The molecule has 6 heteroatoms. The molecule has 22 heavy (non-hydrogen) atoms. The van der Waals surface area contributed by atoms with Crippen molar-refractivity contribution in [1.29, 1.82) is 0 Å². The van der Waals surface area contributed by atoms with Gasteiger partial charge in [0, 0.05) is 28.4 Å². The first-order chi connectivity index (χ1) is 10.6. The van der Waals surface area contributed by atoms with E-state index in [-0.39, 0.29) is 5.91 Å². The number of amides is 1. The highest BCUT2D eigenvalue weighted by molar-refractivity contribution is 6.31. The molecule has 3 aromatic rings. The molecule has 0 aliphatic carbocycles. The van der Waals surface area contributed by atoms with Crippen molar-refractivity contribution in [1.82, 2.24) is 4.98 Å². The number of fused-ring (bicyclic) bond motifs is 1. The Bertz CT molecular complexity index is 886. The van der Waals surface area contributed by atoms with Gasteiger partial charge in [0.05, 0.1) is 11.4 Å². The second kappa shape index (κ2) is 5.61. The van der Waals surface area contributed by atoms with E-state index in [4.69, 9.17) is 11.6 Å². The third-order valence-corrected chi connectivity index (χ3v) is 3.57. The van der Waals surface area contributed by atoms with Gasteiger partial charge >= 0.3 is 0 Å². The number of aromatic amines is 1. The maximum atomic E-state index is 11.4. The number of carbonyl (C=O) groups is 1. The fraction of sp³-hybridized carbons (Fsp3) is 0.0625. The molecule has 0 atom stereocenters. The summed E-state index contributed by atoms with van der Waals surface area (Å²) in [5.74, 6) is -0.208. The highest BCUT2D eigenvalue weighted by Gasteiger charge is 2.17. The van der Waals surface area contributed by atoms with Gasteiger partial charge in [0.15, 0.2) is 0 Å². The second-order valence-corrected chi connectivity index (χ2v) is 5.29. The summed E-state index contributed by atoms with van der Waals surface area (Å²) in [4.78, 5) is 25.8. The molecule has 3 rings (SSSR count). The molecule has 2 aromatic carbocycles. The minimum atomic E-state index is -0.208. The quantitative estimate of drug-likeness (QED) is 0.679. The van der Waals surface area contributed by atoms with E-state index in [2.05, 4.69) is 15.5 Å². The predicted octanol–water partition coefficient (Wildman–Crippen LogP) is 4.84. The van der Waals surface area contributed by atoms with Crippen LogP contribution in [0, 0.1) is 4.91 Å². The Morgan fingerprint density at radius 3 is 2.73 bits per heavy atom. The van der Waals surface area contributed by atoms with Crippen LogP contribution in [0.3, 0.4) is 0 Å². The van der Waals surface area contributed by atoms with Crippen LogP contribution in [0.25, 0.3) is 22.2 Å². The van der Waals surface area contributed by atoms with Gasteiger partial charge in [0.25, 0.3) is 0 Å². The van der Waals surface area contributed by atoms with Crippen molar-refractivity contribution in [3.63, 3.8) is 0 Å². The lowest BCUT2D eigenvalue weighted by Crippen LogP contribution is -2.06. The minimum absolute atomic E-state index is 0.208. The van der Waals surface area contributed by atoms with E-state index in [0.717, 1.165) is 10.9 Å². The molecule has 0 bridgehead atoms. The number of aromatic nitrogens is 1. The first kappa shape index (κ1) is 14.3. The smallest absolute Gasteiger partial charge is 0.221 e. The maximum absolute atomic E-state index is 11.4. The van der Waals surface area contributed by atoms with Crippen LogP contribution in [0.4, 0.5) is 11.4 Å². The number of nitrogens with one attached hydrogen (secondary N) is 2. The SMILES string of the molecule is CC(=O)Nc1ccc(Cl)cc1-c1[nH]c2ccccc2c1N=O. The van der Waals surface area contributed by atoms with Crippen molar-refractivity contribution in [2.75, 3.05) is 5.32 Å². The van der Waals surface area contributed by atoms with E-state index in [9.17, 15) is 9.70 Å². The van der Waals surface area contributed by atoms with Crippen LogP contribution in [-0.4, -0.2) is 10.9 Å². The summed E-state index contributed by atoms with van der Waals surface area (Å²) in [6, 6.07) is 12.4. The molecule has 5 nitrogen and oxygen atoms in total. The third kappa shape index (κ3) is 2.46. The molecule has 0 fully saturated rings. The number of nitrogens with zero attached hydrogens (tertiary/aromatic N) is 1. The topological polar surface area (TPSA) is 74.3 Å². The van der Waals surface area contributed by atoms with Crippen molar-refractivity contribution in [2.45, 2.75) is 6.92 Å². The van der Waals surface area contributed by atoms with Gasteiger partial charge in [0.2, 0.25) is 5.91 Å². The summed E-state index contributed by atoms with van der Waals surface area (Å²) in [7, 11) is 0. The summed E-state index contributed by atoms with van der Waals surface area (Å²) in [6.45, 7) is 1.42. The average Bonchev–Trinajstić information content (AvgIpc) is 2.87. The molecular weight excluding hydrogens is 302 g/mol. The van der Waals surface area contributed by atoms with Crippen molar-refractivity contribution in [2.24, 2.45) is 5.18 Å². The number of hydrogen-bond donors (Lipinski definition) is 2. The summed E-state index contributed by atoms with van der Waals surface area (Å²) < 4.78 is 0. The number of halogens is 1. The molecule has 0 unspecified atom stereocenters. The number of hydrogen-bond acceptors (Lipinski definition) is 3. The maximum Gasteiger partial charge on any atom is 0.221 e. The number of para-hydroxylation sites is 1. The molecule has 0 aliphatic heterocycles. The van der Waals surface area contributed by atoms with Gasteiger partial charge in [-0.05, 0) is 29.4 Å². The Balaban J connectivity index is 2.29. The Morgan fingerprint density at radius 1 is 1.23 bits per heavy atom. The van der Waals surface area contributed by atoms with Crippen LogP contribution in [0.5, 0.6) is 0 Å². The van der Waals surface area contributed by atoms with Crippen LogP contribution >= 0.6 is 11.6 Å². The number of benzene rings is 2. The zero-order valence-corrected chi connectivity index (χ0v) is 12.4. The van der Waals surface area contributed by atoms with Crippen molar-refractivity contribution < 1.29 is 4.79 Å². The Labute approximate surface area is 131 Å². The first-order valence-corrected chi connectivity index (χ1v) is 6.99. The fourth-order valence-electron chi connectivity index (χ4n) is 2.44. The number of carbonyl (C=O) groups excluding carboxylic acids is 1. The lowest BCUT2D eigenvalue weighted by molar-refractivity contribution is -0.114. The third-order valence-electron chi connectivity index (χ3n) is 3.33. The zero-order valence-electron chi connectivity index (χ0n) is 11.7. The molecule has 0 saturated heterocycles. The van der Waals surface area contributed by atoms with Crippen LogP contribution in [0.2, 0.25) is 5.02 Å². The molecule has 2 N–H and O–H groups in total. The molecular formula is C16H12ClN3O2. The Hall–Kier alpha value is -2.66. The van der Waals surface area contributed by atoms with E-state index < -0.39 is 0 Å². The highest BCUT2D eigenvalue weighted by atomic mass is 35.5. The molecule has 0 aliphatic rings. The standard InChI is InChI=1S/C16H12ClN3O2/c1-9(21)18-14-7-6-10(17)8-12(14)15-16(20-22)11-4-2-3-5-13(11)19-15/h2-8,19H,1H3,(H,18,21). The number of H-pyrrole nitrogens is 1. The van der Waals surface area contributed by atoms with Gasteiger partial charge in [-0.1, -0.05) is 29.8 Å². The number of nitroso groups, excluding NO2 is 1. The summed E-state index contributed by atoms with van der Waals surface area (Å²) in [5.41, 5.74) is 2.80. The molecule has 1 heterocycles. The summed E-state index contributed by atoms with van der Waals surface area (Å²) in [5, 5.41) is 7.10. The average molecular weight is 314 g/mol.